The highest BCUT2D eigenvalue weighted by molar-refractivity contribution is 5.10. The summed E-state index contributed by atoms with van der Waals surface area (Å²) >= 11 is 0. The highest BCUT2D eigenvalue weighted by Crippen LogP contribution is 2.18. The Bertz CT molecular complexity index is 620. The predicted molar refractivity (Wildman–Crippen MR) is 81.8 cm³/mol. The molecule has 3 heterocycles. The third kappa shape index (κ3) is 3.23. The summed E-state index contributed by atoms with van der Waals surface area (Å²) in [6.45, 7) is 0. The minimum Gasteiger partial charge on any atom is -0.349 e. The summed E-state index contributed by atoms with van der Waals surface area (Å²) in [6.07, 6.45) is 12.1. The Morgan fingerprint density at radius 3 is 1.73 bits per heavy atom. The highest BCUT2D eigenvalue weighted by atomic mass is 15.0. The predicted octanol–water partition coefficient (Wildman–Crippen LogP) is -0.0914. The summed E-state index contributed by atoms with van der Waals surface area (Å²) in [5, 5.41) is 0. The molecule has 0 bridgehead atoms. The maximum Gasteiger partial charge on any atom is 0.107 e. The molecule has 116 valence electrons. The van der Waals surface area contributed by atoms with Gasteiger partial charge in [0.05, 0.1) is 0 Å². The van der Waals surface area contributed by atoms with Crippen LogP contribution in [0.1, 0.15) is 17.5 Å². The van der Waals surface area contributed by atoms with Crippen LogP contribution >= 0.6 is 0 Å². The van der Waals surface area contributed by atoms with Crippen LogP contribution in [0.4, 0.5) is 0 Å². The van der Waals surface area contributed by atoms with E-state index in [1.54, 1.807) is 37.2 Å². The molecule has 0 saturated heterocycles. The van der Waals surface area contributed by atoms with E-state index in [1.807, 2.05) is 0 Å². The normalized spacial score (nSPS) is 13.4. The SMILES string of the molecule is NC(Cc1ncc[nH]1)C(N)(Cc1ncc[nH]1)Cc1ncc[nH]1. The average Bonchev–Trinajstić information content (AvgIpc) is 3.20. The lowest BCUT2D eigenvalue weighted by molar-refractivity contribution is 0.322. The van der Waals surface area contributed by atoms with Crippen molar-refractivity contribution in [1.29, 1.82) is 0 Å². The van der Waals surface area contributed by atoms with Gasteiger partial charge in [0, 0.05) is 68.0 Å². The fourth-order valence-electron chi connectivity index (χ4n) is 2.56. The number of hydrogen-bond donors (Lipinski definition) is 5. The fraction of sp³-hybridized carbons (Fsp3) is 0.357. The summed E-state index contributed by atoms with van der Waals surface area (Å²) in [5.74, 6) is 2.44. The molecule has 0 amide bonds. The van der Waals surface area contributed by atoms with Gasteiger partial charge in [0.15, 0.2) is 0 Å². The van der Waals surface area contributed by atoms with Crippen LogP contribution < -0.4 is 11.5 Å². The molecule has 8 heteroatoms. The van der Waals surface area contributed by atoms with Gasteiger partial charge in [-0.25, -0.2) is 15.0 Å². The lowest BCUT2D eigenvalue weighted by atomic mass is 9.82. The van der Waals surface area contributed by atoms with Gasteiger partial charge in [0.2, 0.25) is 0 Å². The molecule has 3 aromatic rings. The van der Waals surface area contributed by atoms with E-state index in [0.29, 0.717) is 19.3 Å². The minimum atomic E-state index is -0.692. The number of aromatic nitrogens is 6. The number of imidazole rings is 3. The average molecular weight is 300 g/mol. The van der Waals surface area contributed by atoms with Crippen molar-refractivity contribution in [3.05, 3.63) is 54.7 Å². The Hall–Kier alpha value is -2.45. The van der Waals surface area contributed by atoms with E-state index < -0.39 is 5.54 Å². The van der Waals surface area contributed by atoms with Gasteiger partial charge in [-0.15, -0.1) is 0 Å². The first-order valence-corrected chi connectivity index (χ1v) is 7.15. The fourth-order valence-corrected chi connectivity index (χ4v) is 2.56. The van der Waals surface area contributed by atoms with Gasteiger partial charge < -0.3 is 26.4 Å². The molecule has 0 aliphatic carbocycles. The summed E-state index contributed by atoms with van der Waals surface area (Å²) in [6, 6.07) is -0.297. The van der Waals surface area contributed by atoms with Crippen LogP contribution in [0, 0.1) is 0 Å². The van der Waals surface area contributed by atoms with Crippen molar-refractivity contribution in [2.24, 2.45) is 11.5 Å². The quantitative estimate of drug-likeness (QED) is 0.415. The van der Waals surface area contributed by atoms with Crippen LogP contribution in [0.15, 0.2) is 37.2 Å². The van der Waals surface area contributed by atoms with Gasteiger partial charge in [0.25, 0.3) is 0 Å². The van der Waals surface area contributed by atoms with Crippen LogP contribution in [0.3, 0.4) is 0 Å². The lowest BCUT2D eigenvalue weighted by Gasteiger charge is -2.34. The summed E-state index contributed by atoms with van der Waals surface area (Å²) in [5.41, 5.74) is 12.4. The standard InChI is InChI=1S/C14H20N8/c15-10(7-11-17-1-2-18-11)14(16,8-12-19-3-4-20-12)9-13-21-5-6-22-13/h1-6,10H,7-9,15-16H2,(H,17,18)(H,19,20)(H,21,22). The number of nitrogens with zero attached hydrogens (tertiary/aromatic N) is 3. The Morgan fingerprint density at radius 1 is 0.864 bits per heavy atom. The number of aromatic amines is 3. The van der Waals surface area contributed by atoms with Gasteiger partial charge in [-0.1, -0.05) is 0 Å². The van der Waals surface area contributed by atoms with E-state index in [9.17, 15) is 0 Å². The minimum absolute atomic E-state index is 0.297. The first kappa shape index (κ1) is 14.5. The Kier molecular flexibility index (Phi) is 4.03. The van der Waals surface area contributed by atoms with Crippen molar-refractivity contribution < 1.29 is 0 Å². The number of H-pyrrole nitrogens is 3. The van der Waals surface area contributed by atoms with Crippen LogP contribution in [0.25, 0.3) is 0 Å². The van der Waals surface area contributed by atoms with E-state index in [-0.39, 0.29) is 6.04 Å². The molecule has 22 heavy (non-hydrogen) atoms. The van der Waals surface area contributed by atoms with E-state index in [4.69, 9.17) is 11.5 Å². The van der Waals surface area contributed by atoms with E-state index in [2.05, 4.69) is 29.9 Å². The van der Waals surface area contributed by atoms with Crippen molar-refractivity contribution >= 4 is 0 Å². The highest BCUT2D eigenvalue weighted by Gasteiger charge is 2.35. The van der Waals surface area contributed by atoms with Crippen LogP contribution in [0.5, 0.6) is 0 Å². The molecular formula is C14H20N8. The van der Waals surface area contributed by atoms with Crippen molar-refractivity contribution in [3.8, 4) is 0 Å². The molecule has 3 aromatic heterocycles. The monoisotopic (exact) mass is 300 g/mol. The van der Waals surface area contributed by atoms with Gasteiger partial charge in [-0.3, -0.25) is 0 Å². The van der Waals surface area contributed by atoms with Crippen molar-refractivity contribution in [1.82, 2.24) is 29.9 Å². The molecule has 0 aromatic carbocycles. The second-order valence-corrected chi connectivity index (χ2v) is 5.50. The molecule has 0 aliphatic heterocycles. The lowest BCUT2D eigenvalue weighted by Crippen LogP contribution is -2.59. The number of rotatable bonds is 7. The third-order valence-corrected chi connectivity index (χ3v) is 3.81. The van der Waals surface area contributed by atoms with Crippen LogP contribution in [-0.2, 0) is 19.3 Å². The van der Waals surface area contributed by atoms with Crippen LogP contribution in [0.2, 0.25) is 0 Å². The zero-order valence-corrected chi connectivity index (χ0v) is 12.2. The van der Waals surface area contributed by atoms with Gasteiger partial charge in [0.1, 0.15) is 17.5 Å². The zero-order valence-electron chi connectivity index (χ0n) is 12.2. The first-order chi connectivity index (χ1) is 10.7. The third-order valence-electron chi connectivity index (χ3n) is 3.81. The topological polar surface area (TPSA) is 138 Å². The molecule has 0 radical (unpaired) electrons. The first-order valence-electron chi connectivity index (χ1n) is 7.15. The van der Waals surface area contributed by atoms with E-state index in [1.165, 1.54) is 0 Å². The Labute approximate surface area is 127 Å². The maximum atomic E-state index is 6.65. The summed E-state index contributed by atoms with van der Waals surface area (Å²) in [4.78, 5) is 22.0. The molecule has 0 fully saturated rings. The molecule has 8 nitrogen and oxygen atoms in total. The van der Waals surface area contributed by atoms with Gasteiger partial charge >= 0.3 is 0 Å². The number of hydrogen-bond acceptors (Lipinski definition) is 5. The Morgan fingerprint density at radius 2 is 1.32 bits per heavy atom. The molecule has 0 aliphatic rings. The second kappa shape index (κ2) is 6.12. The number of nitrogens with one attached hydrogen (secondary N) is 3. The van der Waals surface area contributed by atoms with Crippen LogP contribution in [-0.4, -0.2) is 41.5 Å². The molecule has 7 N–H and O–H groups in total. The second-order valence-electron chi connectivity index (χ2n) is 5.50. The molecule has 1 unspecified atom stereocenters. The smallest absolute Gasteiger partial charge is 0.107 e. The molecule has 0 spiro atoms. The molecular weight excluding hydrogens is 280 g/mol. The largest absolute Gasteiger partial charge is 0.349 e. The van der Waals surface area contributed by atoms with E-state index >= 15 is 0 Å². The summed E-state index contributed by atoms with van der Waals surface area (Å²) in [7, 11) is 0. The van der Waals surface area contributed by atoms with Gasteiger partial charge in [-0.2, -0.15) is 0 Å². The molecule has 0 saturated carbocycles. The van der Waals surface area contributed by atoms with Crippen molar-refractivity contribution in [2.45, 2.75) is 30.8 Å². The van der Waals surface area contributed by atoms with Gasteiger partial charge in [-0.05, 0) is 0 Å². The molecule has 3 rings (SSSR count). The summed E-state index contributed by atoms with van der Waals surface area (Å²) < 4.78 is 0. The van der Waals surface area contributed by atoms with E-state index in [0.717, 1.165) is 17.5 Å². The zero-order chi connectivity index (χ0) is 15.4. The number of nitrogens with two attached hydrogens (primary N) is 2. The van der Waals surface area contributed by atoms with Crippen molar-refractivity contribution in [3.63, 3.8) is 0 Å². The molecule has 1 atom stereocenters. The maximum absolute atomic E-state index is 6.65. The Balaban J connectivity index is 1.80. The van der Waals surface area contributed by atoms with Crippen molar-refractivity contribution in [2.75, 3.05) is 0 Å².